The Kier molecular flexibility index (Phi) is 3.06. The van der Waals surface area contributed by atoms with Crippen LogP contribution >= 0.6 is 0 Å². The number of nitrogens with two attached hydrogens (primary N) is 2. The van der Waals surface area contributed by atoms with E-state index in [-0.39, 0.29) is 0 Å². The molecule has 0 aliphatic heterocycles. The second kappa shape index (κ2) is 4.89. The van der Waals surface area contributed by atoms with Gasteiger partial charge in [0.1, 0.15) is 11.5 Å². The van der Waals surface area contributed by atoms with E-state index in [0.29, 0.717) is 17.0 Å². The fourth-order valence-corrected chi connectivity index (χ4v) is 2.57. The number of carbonyl (C=O) groups is 1. The molecular formula is C16H16N2O2. The van der Waals surface area contributed by atoms with Crippen molar-refractivity contribution in [2.45, 2.75) is 19.3 Å². The molecule has 0 spiro atoms. The number of ether oxygens (including phenoxy) is 1. The first-order chi connectivity index (χ1) is 9.63. The van der Waals surface area contributed by atoms with Crippen molar-refractivity contribution in [2.75, 3.05) is 5.73 Å². The number of amides is 1. The zero-order chi connectivity index (χ0) is 14.1. The van der Waals surface area contributed by atoms with Gasteiger partial charge in [-0.25, -0.2) is 0 Å². The Balaban J connectivity index is 1.93. The van der Waals surface area contributed by atoms with E-state index in [1.165, 1.54) is 23.6 Å². The summed E-state index contributed by atoms with van der Waals surface area (Å²) in [6.07, 6.45) is 3.40. The maximum atomic E-state index is 11.4. The number of rotatable bonds is 3. The molecule has 0 fully saturated rings. The van der Waals surface area contributed by atoms with Crippen molar-refractivity contribution in [3.8, 4) is 11.5 Å². The summed E-state index contributed by atoms with van der Waals surface area (Å²) in [6, 6.07) is 10.9. The minimum atomic E-state index is -0.548. The molecule has 1 aliphatic rings. The molecule has 0 heterocycles. The summed E-state index contributed by atoms with van der Waals surface area (Å²) in [5, 5.41) is 0. The molecule has 102 valence electrons. The quantitative estimate of drug-likeness (QED) is 0.840. The van der Waals surface area contributed by atoms with Gasteiger partial charge in [0.05, 0.1) is 5.56 Å². The lowest BCUT2D eigenvalue weighted by Gasteiger charge is -2.11. The number of anilines is 1. The second-order valence-electron chi connectivity index (χ2n) is 5.01. The summed E-state index contributed by atoms with van der Waals surface area (Å²) in [7, 11) is 0. The summed E-state index contributed by atoms with van der Waals surface area (Å²) in [6.45, 7) is 0. The van der Waals surface area contributed by atoms with Crippen LogP contribution in [0.1, 0.15) is 27.9 Å². The van der Waals surface area contributed by atoms with E-state index in [4.69, 9.17) is 16.2 Å². The summed E-state index contributed by atoms with van der Waals surface area (Å²) < 4.78 is 5.79. The maximum absolute atomic E-state index is 11.4. The van der Waals surface area contributed by atoms with Gasteiger partial charge in [-0.15, -0.1) is 0 Å². The lowest BCUT2D eigenvalue weighted by molar-refractivity contribution is 0.0998. The van der Waals surface area contributed by atoms with Crippen LogP contribution < -0.4 is 16.2 Å². The fraction of sp³-hybridized carbons (Fsp3) is 0.188. The summed E-state index contributed by atoms with van der Waals surface area (Å²) in [5.74, 6) is 0.607. The van der Waals surface area contributed by atoms with Gasteiger partial charge >= 0.3 is 0 Å². The molecule has 0 atom stereocenters. The van der Waals surface area contributed by atoms with Crippen molar-refractivity contribution in [3.05, 3.63) is 53.1 Å². The number of carbonyl (C=O) groups excluding carboxylic acids is 1. The monoisotopic (exact) mass is 268 g/mol. The van der Waals surface area contributed by atoms with Gasteiger partial charge in [-0.3, -0.25) is 4.79 Å². The highest BCUT2D eigenvalue weighted by molar-refractivity contribution is 5.96. The second-order valence-corrected chi connectivity index (χ2v) is 5.01. The Morgan fingerprint density at radius 1 is 1.05 bits per heavy atom. The molecule has 0 radical (unpaired) electrons. The van der Waals surface area contributed by atoms with Crippen LogP contribution in [-0.2, 0) is 12.8 Å². The van der Waals surface area contributed by atoms with Crippen LogP contribution in [0.15, 0.2) is 36.4 Å². The predicted molar refractivity (Wildman–Crippen MR) is 77.9 cm³/mol. The average molecular weight is 268 g/mol. The number of primary amides is 1. The SMILES string of the molecule is NC(=O)c1cc(N)ccc1Oc1ccc2c(c1)CCC2. The van der Waals surface area contributed by atoms with Crippen molar-refractivity contribution in [1.29, 1.82) is 0 Å². The third kappa shape index (κ3) is 2.32. The van der Waals surface area contributed by atoms with E-state index in [9.17, 15) is 4.79 Å². The lowest BCUT2D eigenvalue weighted by Crippen LogP contribution is -2.12. The highest BCUT2D eigenvalue weighted by atomic mass is 16.5. The molecule has 3 rings (SSSR count). The maximum Gasteiger partial charge on any atom is 0.252 e. The molecule has 0 saturated heterocycles. The van der Waals surface area contributed by atoms with E-state index in [0.717, 1.165) is 18.6 Å². The number of nitrogen functional groups attached to an aromatic ring is 1. The van der Waals surface area contributed by atoms with Crippen LogP contribution in [0.2, 0.25) is 0 Å². The Hall–Kier alpha value is -2.49. The molecule has 20 heavy (non-hydrogen) atoms. The third-order valence-electron chi connectivity index (χ3n) is 3.57. The van der Waals surface area contributed by atoms with E-state index >= 15 is 0 Å². The van der Waals surface area contributed by atoms with E-state index in [1.54, 1.807) is 12.1 Å². The van der Waals surface area contributed by atoms with Crippen molar-refractivity contribution in [1.82, 2.24) is 0 Å². The van der Waals surface area contributed by atoms with Crippen LogP contribution in [0.3, 0.4) is 0 Å². The minimum Gasteiger partial charge on any atom is -0.457 e. The zero-order valence-corrected chi connectivity index (χ0v) is 11.1. The van der Waals surface area contributed by atoms with Gasteiger partial charge in [-0.05, 0) is 60.7 Å². The van der Waals surface area contributed by atoms with Gasteiger partial charge in [0, 0.05) is 5.69 Å². The van der Waals surface area contributed by atoms with Gasteiger partial charge in [0.2, 0.25) is 0 Å². The molecule has 1 amide bonds. The number of hydrogen-bond donors (Lipinski definition) is 2. The van der Waals surface area contributed by atoms with Gasteiger partial charge < -0.3 is 16.2 Å². The van der Waals surface area contributed by atoms with Crippen LogP contribution in [-0.4, -0.2) is 5.91 Å². The Morgan fingerprint density at radius 2 is 1.85 bits per heavy atom. The van der Waals surface area contributed by atoms with Crippen LogP contribution in [0.4, 0.5) is 5.69 Å². The van der Waals surface area contributed by atoms with Crippen molar-refractivity contribution >= 4 is 11.6 Å². The Morgan fingerprint density at radius 3 is 2.65 bits per heavy atom. The molecule has 0 bridgehead atoms. The zero-order valence-electron chi connectivity index (χ0n) is 11.1. The first-order valence-corrected chi connectivity index (χ1v) is 6.62. The number of aryl methyl sites for hydroxylation is 2. The Bertz CT molecular complexity index is 680. The largest absolute Gasteiger partial charge is 0.457 e. The predicted octanol–water partition coefficient (Wildman–Crippen LogP) is 2.65. The normalized spacial score (nSPS) is 13.0. The molecule has 4 N–H and O–H groups in total. The molecule has 0 aromatic heterocycles. The van der Waals surface area contributed by atoms with Crippen LogP contribution in [0.25, 0.3) is 0 Å². The van der Waals surface area contributed by atoms with Gasteiger partial charge in [-0.2, -0.15) is 0 Å². The van der Waals surface area contributed by atoms with Crippen LogP contribution in [0.5, 0.6) is 11.5 Å². The summed E-state index contributed by atoms with van der Waals surface area (Å²) in [5.41, 5.74) is 14.5. The smallest absolute Gasteiger partial charge is 0.252 e. The molecule has 0 saturated carbocycles. The van der Waals surface area contributed by atoms with E-state index in [2.05, 4.69) is 6.07 Å². The van der Waals surface area contributed by atoms with E-state index in [1.807, 2.05) is 12.1 Å². The average Bonchev–Trinajstić information content (AvgIpc) is 2.88. The number of fused-ring (bicyclic) bond motifs is 1. The van der Waals surface area contributed by atoms with Gasteiger partial charge in [0.25, 0.3) is 5.91 Å². The summed E-state index contributed by atoms with van der Waals surface area (Å²) in [4.78, 5) is 11.4. The first kappa shape index (κ1) is 12.5. The lowest BCUT2D eigenvalue weighted by atomic mass is 10.1. The van der Waals surface area contributed by atoms with Gasteiger partial charge in [0.15, 0.2) is 0 Å². The molecule has 4 nitrogen and oxygen atoms in total. The molecule has 2 aromatic carbocycles. The van der Waals surface area contributed by atoms with Crippen molar-refractivity contribution < 1.29 is 9.53 Å². The minimum absolute atomic E-state index is 0.297. The number of benzene rings is 2. The van der Waals surface area contributed by atoms with Gasteiger partial charge in [-0.1, -0.05) is 6.07 Å². The topological polar surface area (TPSA) is 78.3 Å². The van der Waals surface area contributed by atoms with E-state index < -0.39 is 5.91 Å². The molecule has 4 heteroatoms. The molecular weight excluding hydrogens is 252 g/mol. The molecule has 1 aliphatic carbocycles. The standard InChI is InChI=1S/C16H16N2O2/c17-12-5-7-15(14(9-12)16(18)19)20-13-6-4-10-2-1-3-11(10)8-13/h4-9H,1-3,17H2,(H2,18,19). The van der Waals surface area contributed by atoms with Crippen LogP contribution in [0, 0.1) is 0 Å². The number of hydrogen-bond acceptors (Lipinski definition) is 3. The fourth-order valence-electron chi connectivity index (χ4n) is 2.57. The first-order valence-electron chi connectivity index (χ1n) is 6.62. The summed E-state index contributed by atoms with van der Waals surface area (Å²) >= 11 is 0. The van der Waals surface area contributed by atoms with Crippen molar-refractivity contribution in [3.63, 3.8) is 0 Å². The third-order valence-corrected chi connectivity index (χ3v) is 3.57. The highest BCUT2D eigenvalue weighted by Gasteiger charge is 2.14. The van der Waals surface area contributed by atoms with Crippen molar-refractivity contribution in [2.24, 2.45) is 5.73 Å². The molecule has 0 unspecified atom stereocenters. The highest BCUT2D eigenvalue weighted by Crippen LogP contribution is 2.31. The Labute approximate surface area is 117 Å². The molecule has 2 aromatic rings.